The van der Waals surface area contributed by atoms with Gasteiger partial charge in [-0.3, -0.25) is 9.69 Å². The average molecular weight is 464 g/mol. The fraction of sp³-hybridized carbons (Fsp3) is 0.200. The van der Waals surface area contributed by atoms with Crippen molar-refractivity contribution < 1.29 is 14.3 Å². The van der Waals surface area contributed by atoms with Crippen molar-refractivity contribution in [3.8, 4) is 11.5 Å². The highest BCUT2D eigenvalue weighted by Gasteiger charge is 2.33. The third-order valence-electron chi connectivity index (χ3n) is 3.73. The first-order chi connectivity index (χ1) is 12.9. The molecule has 0 saturated carbocycles. The number of carbonyl (C=O) groups is 1. The normalized spacial score (nSPS) is 15.7. The minimum Gasteiger partial charge on any atom is -0.493 e. The molecule has 0 atom stereocenters. The molecule has 2 aromatic carbocycles. The van der Waals surface area contributed by atoms with Crippen molar-refractivity contribution in [3.63, 3.8) is 0 Å². The Morgan fingerprint density at radius 3 is 2.48 bits per heavy atom. The van der Waals surface area contributed by atoms with Crippen LogP contribution in [0.25, 0.3) is 6.08 Å². The van der Waals surface area contributed by atoms with Gasteiger partial charge in [-0.2, -0.15) is 0 Å². The van der Waals surface area contributed by atoms with Gasteiger partial charge in [-0.15, -0.1) is 0 Å². The highest BCUT2D eigenvalue weighted by Crippen LogP contribution is 2.37. The zero-order chi connectivity index (χ0) is 19.6. The van der Waals surface area contributed by atoms with E-state index in [-0.39, 0.29) is 12.0 Å². The van der Waals surface area contributed by atoms with Gasteiger partial charge < -0.3 is 9.47 Å². The molecule has 27 heavy (non-hydrogen) atoms. The van der Waals surface area contributed by atoms with E-state index in [1.165, 1.54) is 11.8 Å². The first-order valence-electron chi connectivity index (χ1n) is 8.27. The first kappa shape index (κ1) is 19.9. The summed E-state index contributed by atoms with van der Waals surface area (Å²) in [4.78, 5) is 15.0. The second-order valence-electron chi connectivity index (χ2n) is 6.07. The standard InChI is InChI=1S/C20H18BrNO3S2/c1-12(2)25-16-9-4-13(10-17(16)24-3)11-18-19(23)22(20(26)27-18)15-7-5-14(21)6-8-15/h4-12H,1-3H3. The molecule has 0 aliphatic carbocycles. The van der Waals surface area contributed by atoms with E-state index in [2.05, 4.69) is 15.9 Å². The van der Waals surface area contributed by atoms with Crippen molar-refractivity contribution in [2.24, 2.45) is 0 Å². The molecule has 0 bridgehead atoms. The maximum atomic E-state index is 12.9. The van der Waals surface area contributed by atoms with E-state index in [9.17, 15) is 4.79 Å². The second-order valence-corrected chi connectivity index (χ2v) is 8.66. The Hall–Kier alpha value is -1.83. The average Bonchev–Trinajstić information content (AvgIpc) is 2.90. The summed E-state index contributed by atoms with van der Waals surface area (Å²) in [6, 6.07) is 13.1. The monoisotopic (exact) mass is 463 g/mol. The SMILES string of the molecule is COc1cc(C=C2SC(=S)N(c3ccc(Br)cc3)C2=O)ccc1OC(C)C. The molecule has 0 radical (unpaired) electrons. The van der Waals surface area contributed by atoms with Gasteiger partial charge in [0.2, 0.25) is 0 Å². The Morgan fingerprint density at radius 1 is 1.15 bits per heavy atom. The summed E-state index contributed by atoms with van der Waals surface area (Å²) >= 11 is 10.1. The second kappa shape index (κ2) is 8.46. The number of hydrogen-bond donors (Lipinski definition) is 0. The topological polar surface area (TPSA) is 38.8 Å². The Balaban J connectivity index is 1.88. The van der Waals surface area contributed by atoms with Gasteiger partial charge in [0.15, 0.2) is 15.8 Å². The molecule has 0 N–H and O–H groups in total. The summed E-state index contributed by atoms with van der Waals surface area (Å²) in [7, 11) is 1.60. The Labute approximate surface area is 176 Å². The smallest absolute Gasteiger partial charge is 0.270 e. The highest BCUT2D eigenvalue weighted by atomic mass is 79.9. The molecule has 0 aromatic heterocycles. The lowest BCUT2D eigenvalue weighted by Gasteiger charge is -2.14. The number of anilines is 1. The molecule has 1 aliphatic heterocycles. The molecule has 1 aliphatic rings. The first-order valence-corrected chi connectivity index (χ1v) is 10.3. The molecular weight excluding hydrogens is 446 g/mol. The quantitative estimate of drug-likeness (QED) is 0.422. The number of methoxy groups -OCH3 is 1. The number of amides is 1. The summed E-state index contributed by atoms with van der Waals surface area (Å²) in [6.45, 7) is 3.92. The van der Waals surface area contributed by atoms with Crippen LogP contribution in [0.4, 0.5) is 5.69 Å². The lowest BCUT2D eigenvalue weighted by molar-refractivity contribution is -0.113. The van der Waals surface area contributed by atoms with Crippen molar-refractivity contribution in [1.82, 2.24) is 0 Å². The number of benzene rings is 2. The molecule has 2 aromatic rings. The van der Waals surface area contributed by atoms with Crippen LogP contribution in [0.15, 0.2) is 51.8 Å². The fourth-order valence-corrected chi connectivity index (χ4v) is 4.12. The molecule has 3 rings (SSSR count). The predicted octanol–water partition coefficient (Wildman–Crippen LogP) is 5.65. The van der Waals surface area contributed by atoms with Gasteiger partial charge in [-0.1, -0.05) is 46.0 Å². The third kappa shape index (κ3) is 4.54. The highest BCUT2D eigenvalue weighted by molar-refractivity contribution is 9.10. The van der Waals surface area contributed by atoms with Crippen LogP contribution in [-0.2, 0) is 4.79 Å². The largest absolute Gasteiger partial charge is 0.493 e. The summed E-state index contributed by atoms with van der Waals surface area (Å²) in [6.07, 6.45) is 1.87. The molecule has 0 unspecified atom stereocenters. The predicted molar refractivity (Wildman–Crippen MR) is 119 cm³/mol. The maximum Gasteiger partial charge on any atom is 0.270 e. The van der Waals surface area contributed by atoms with Crippen LogP contribution < -0.4 is 14.4 Å². The number of rotatable bonds is 5. The van der Waals surface area contributed by atoms with Crippen LogP contribution in [0.3, 0.4) is 0 Å². The number of halogens is 1. The molecule has 1 heterocycles. The van der Waals surface area contributed by atoms with Crippen LogP contribution in [0.5, 0.6) is 11.5 Å². The molecule has 140 valence electrons. The van der Waals surface area contributed by atoms with Crippen LogP contribution >= 0.6 is 39.9 Å². The molecular formula is C20H18BrNO3S2. The number of nitrogens with zero attached hydrogens (tertiary/aromatic N) is 1. The van der Waals surface area contributed by atoms with Crippen molar-refractivity contribution in [2.45, 2.75) is 20.0 Å². The molecule has 1 fully saturated rings. The maximum absolute atomic E-state index is 12.9. The lowest BCUT2D eigenvalue weighted by Crippen LogP contribution is -2.27. The van der Waals surface area contributed by atoms with Crippen LogP contribution in [-0.4, -0.2) is 23.4 Å². The minimum absolute atomic E-state index is 0.0481. The van der Waals surface area contributed by atoms with Crippen LogP contribution in [0, 0.1) is 0 Å². The lowest BCUT2D eigenvalue weighted by atomic mass is 10.1. The van der Waals surface area contributed by atoms with E-state index in [1.54, 1.807) is 12.0 Å². The molecule has 1 amide bonds. The zero-order valence-electron chi connectivity index (χ0n) is 15.1. The van der Waals surface area contributed by atoms with Crippen LogP contribution in [0.1, 0.15) is 19.4 Å². The van der Waals surface area contributed by atoms with Gasteiger partial charge in [0.25, 0.3) is 5.91 Å². The number of ether oxygens (including phenoxy) is 2. The van der Waals surface area contributed by atoms with E-state index in [1.807, 2.05) is 62.4 Å². The van der Waals surface area contributed by atoms with E-state index in [0.717, 1.165) is 15.7 Å². The summed E-state index contributed by atoms with van der Waals surface area (Å²) in [5, 5.41) is 0. The van der Waals surface area contributed by atoms with E-state index in [4.69, 9.17) is 21.7 Å². The Morgan fingerprint density at radius 2 is 1.85 bits per heavy atom. The van der Waals surface area contributed by atoms with Gasteiger partial charge in [0, 0.05) is 4.47 Å². The van der Waals surface area contributed by atoms with Gasteiger partial charge in [0.1, 0.15) is 0 Å². The van der Waals surface area contributed by atoms with E-state index in [0.29, 0.717) is 20.7 Å². The van der Waals surface area contributed by atoms with Gasteiger partial charge in [-0.25, -0.2) is 0 Å². The summed E-state index contributed by atoms with van der Waals surface area (Å²) < 4.78 is 12.6. The molecule has 4 nitrogen and oxygen atoms in total. The molecule has 1 saturated heterocycles. The number of thiocarbonyl (C=S) groups is 1. The van der Waals surface area contributed by atoms with Crippen LogP contribution in [0.2, 0.25) is 0 Å². The van der Waals surface area contributed by atoms with E-state index >= 15 is 0 Å². The number of carbonyl (C=O) groups excluding carboxylic acids is 1. The minimum atomic E-state index is -0.131. The van der Waals surface area contributed by atoms with Crippen molar-refractivity contribution >= 4 is 61.9 Å². The summed E-state index contributed by atoms with van der Waals surface area (Å²) in [5.74, 6) is 1.17. The van der Waals surface area contributed by atoms with Gasteiger partial charge in [-0.05, 0) is 61.9 Å². The third-order valence-corrected chi connectivity index (χ3v) is 5.56. The van der Waals surface area contributed by atoms with Crippen molar-refractivity contribution in [2.75, 3.05) is 12.0 Å². The van der Waals surface area contributed by atoms with E-state index < -0.39 is 0 Å². The Kier molecular flexibility index (Phi) is 6.24. The number of thioether (sulfide) groups is 1. The number of hydrogen-bond acceptors (Lipinski definition) is 5. The Bertz CT molecular complexity index is 910. The zero-order valence-corrected chi connectivity index (χ0v) is 18.3. The van der Waals surface area contributed by atoms with Crippen molar-refractivity contribution in [3.05, 3.63) is 57.4 Å². The molecule has 7 heteroatoms. The van der Waals surface area contributed by atoms with Gasteiger partial charge in [0.05, 0.1) is 23.8 Å². The molecule has 0 spiro atoms. The summed E-state index contributed by atoms with van der Waals surface area (Å²) in [5.41, 5.74) is 1.60. The van der Waals surface area contributed by atoms with Crippen molar-refractivity contribution in [1.29, 1.82) is 0 Å². The fourth-order valence-electron chi connectivity index (χ4n) is 2.56. The van der Waals surface area contributed by atoms with Gasteiger partial charge >= 0.3 is 0 Å².